The fraction of sp³-hybridized carbons (Fsp3) is 0.522. The highest BCUT2D eigenvalue weighted by Gasteiger charge is 2.21. The molecule has 1 saturated carbocycles. The van der Waals surface area contributed by atoms with E-state index in [0.29, 0.717) is 17.2 Å². The summed E-state index contributed by atoms with van der Waals surface area (Å²) in [6.07, 6.45) is 6.82. The molecule has 2 N–H and O–H groups in total. The van der Waals surface area contributed by atoms with Gasteiger partial charge in [0.05, 0.1) is 0 Å². The van der Waals surface area contributed by atoms with E-state index in [-0.39, 0.29) is 30.2 Å². The van der Waals surface area contributed by atoms with Gasteiger partial charge in [-0.1, -0.05) is 51.6 Å². The summed E-state index contributed by atoms with van der Waals surface area (Å²) < 4.78 is 10.9. The van der Waals surface area contributed by atoms with Crippen LogP contribution in [0, 0.1) is 5.41 Å². The van der Waals surface area contributed by atoms with Gasteiger partial charge in [-0.05, 0) is 37.1 Å². The molecule has 0 bridgehead atoms. The third kappa shape index (κ3) is 6.34. The zero-order valence-corrected chi connectivity index (χ0v) is 18.0. The molecule has 2 amide bonds. The zero-order valence-electron chi connectivity index (χ0n) is 18.0. The minimum atomic E-state index is -0.457. The highest BCUT2D eigenvalue weighted by Crippen LogP contribution is 2.21. The molecule has 3 rings (SSSR count). The molecule has 0 radical (unpaired) electrons. The smallest absolute Gasteiger partial charge is 0.273 e. The second-order valence-corrected chi connectivity index (χ2v) is 8.86. The number of amides is 2. The van der Waals surface area contributed by atoms with Crippen molar-refractivity contribution in [1.29, 1.82) is 0 Å². The summed E-state index contributed by atoms with van der Waals surface area (Å²) >= 11 is 0. The van der Waals surface area contributed by atoms with Gasteiger partial charge in [-0.15, -0.1) is 0 Å². The van der Waals surface area contributed by atoms with Crippen LogP contribution in [0.25, 0.3) is 0 Å². The van der Waals surface area contributed by atoms with Crippen molar-refractivity contribution in [3.63, 3.8) is 0 Å². The molecule has 1 fully saturated rings. The molecule has 0 spiro atoms. The van der Waals surface area contributed by atoms with E-state index in [1.165, 1.54) is 12.8 Å². The Hall–Kier alpha value is -2.83. The van der Waals surface area contributed by atoms with Crippen LogP contribution in [-0.4, -0.2) is 23.0 Å². The molecule has 0 saturated heterocycles. The molecule has 7 heteroatoms. The predicted octanol–water partition coefficient (Wildman–Crippen LogP) is 4.69. The number of benzene rings is 1. The number of nitrogens with one attached hydrogen (secondary N) is 2. The van der Waals surface area contributed by atoms with E-state index in [1.54, 1.807) is 30.3 Å². The van der Waals surface area contributed by atoms with Gasteiger partial charge < -0.3 is 19.9 Å². The number of hydrogen-bond acceptors (Lipinski definition) is 5. The molecule has 0 aliphatic heterocycles. The third-order valence-electron chi connectivity index (χ3n) is 5.16. The van der Waals surface area contributed by atoms with E-state index < -0.39 is 5.41 Å². The van der Waals surface area contributed by atoms with E-state index in [4.69, 9.17) is 9.26 Å². The van der Waals surface area contributed by atoms with Gasteiger partial charge in [0.2, 0.25) is 5.91 Å². The first-order valence-electron chi connectivity index (χ1n) is 10.6. The Morgan fingerprint density at radius 3 is 2.40 bits per heavy atom. The van der Waals surface area contributed by atoms with Crippen molar-refractivity contribution in [1.82, 2.24) is 10.5 Å². The Labute approximate surface area is 177 Å². The maximum Gasteiger partial charge on any atom is 0.273 e. The number of hydrogen-bond donors (Lipinski definition) is 2. The van der Waals surface area contributed by atoms with E-state index >= 15 is 0 Å². The van der Waals surface area contributed by atoms with E-state index in [0.717, 1.165) is 25.7 Å². The van der Waals surface area contributed by atoms with Crippen LogP contribution in [0.15, 0.2) is 34.9 Å². The fourth-order valence-corrected chi connectivity index (χ4v) is 3.28. The molecular weight excluding hydrogens is 382 g/mol. The third-order valence-corrected chi connectivity index (χ3v) is 5.16. The van der Waals surface area contributed by atoms with Crippen molar-refractivity contribution >= 4 is 17.5 Å². The van der Waals surface area contributed by atoms with Crippen molar-refractivity contribution < 1.29 is 18.8 Å². The van der Waals surface area contributed by atoms with Crippen molar-refractivity contribution in [3.05, 3.63) is 41.8 Å². The van der Waals surface area contributed by atoms with Gasteiger partial charge in [-0.25, -0.2) is 0 Å². The first-order chi connectivity index (χ1) is 14.3. The number of carbonyl (C=O) groups is 2. The molecule has 0 atom stereocenters. The molecule has 1 aromatic heterocycles. The Morgan fingerprint density at radius 2 is 1.77 bits per heavy atom. The lowest BCUT2D eigenvalue weighted by Gasteiger charge is -2.17. The van der Waals surface area contributed by atoms with E-state index in [1.807, 2.05) is 20.8 Å². The number of ether oxygens (including phenoxy) is 1. The molecule has 1 aliphatic carbocycles. The lowest BCUT2D eigenvalue weighted by molar-refractivity contribution is -0.123. The number of aromatic nitrogens is 1. The van der Waals surface area contributed by atoms with Gasteiger partial charge in [0, 0.05) is 23.2 Å². The quantitative estimate of drug-likeness (QED) is 0.670. The summed E-state index contributed by atoms with van der Waals surface area (Å²) in [7, 11) is 0. The summed E-state index contributed by atoms with van der Waals surface area (Å²) in [6.45, 7) is 5.75. The number of rotatable bonds is 6. The number of anilines is 1. The van der Waals surface area contributed by atoms with Crippen LogP contribution in [-0.2, 0) is 11.4 Å². The molecule has 7 nitrogen and oxygen atoms in total. The number of nitrogens with zero attached hydrogens (tertiary/aromatic N) is 1. The van der Waals surface area contributed by atoms with Gasteiger partial charge >= 0.3 is 0 Å². The van der Waals surface area contributed by atoms with Gasteiger partial charge in [0.15, 0.2) is 11.5 Å². The molecule has 0 unspecified atom stereocenters. The van der Waals surface area contributed by atoms with Gasteiger partial charge in [-0.3, -0.25) is 9.59 Å². The van der Waals surface area contributed by atoms with Crippen LogP contribution < -0.4 is 15.4 Å². The second kappa shape index (κ2) is 9.78. The standard InChI is InChI=1S/C23H31N3O4/c1-23(2,3)22(28)25-17-10-12-18(13-11-17)29-15-19-14-20(26-30-19)21(27)24-16-8-6-4-5-7-9-16/h10-14,16H,4-9,15H2,1-3H3,(H,24,27)(H,25,28). The lowest BCUT2D eigenvalue weighted by Crippen LogP contribution is -2.34. The second-order valence-electron chi connectivity index (χ2n) is 8.86. The largest absolute Gasteiger partial charge is 0.486 e. The van der Waals surface area contributed by atoms with Crippen LogP contribution in [0.2, 0.25) is 0 Å². The summed E-state index contributed by atoms with van der Waals surface area (Å²) in [4.78, 5) is 24.4. The normalized spacial score (nSPS) is 15.3. The van der Waals surface area contributed by atoms with Gasteiger partial charge in [0.25, 0.3) is 5.91 Å². The van der Waals surface area contributed by atoms with Gasteiger partial charge in [-0.2, -0.15) is 0 Å². The number of carbonyl (C=O) groups excluding carboxylic acids is 2. The molecule has 162 valence electrons. The minimum absolute atomic E-state index is 0.0486. The Kier molecular flexibility index (Phi) is 7.13. The minimum Gasteiger partial charge on any atom is -0.486 e. The van der Waals surface area contributed by atoms with Crippen LogP contribution >= 0.6 is 0 Å². The van der Waals surface area contributed by atoms with Crippen molar-refractivity contribution in [3.8, 4) is 5.75 Å². The highest BCUT2D eigenvalue weighted by atomic mass is 16.5. The van der Waals surface area contributed by atoms with Crippen LogP contribution in [0.3, 0.4) is 0 Å². The molecule has 2 aromatic rings. The monoisotopic (exact) mass is 413 g/mol. The topological polar surface area (TPSA) is 93.5 Å². The summed E-state index contributed by atoms with van der Waals surface area (Å²) in [6, 6.07) is 8.94. The molecule has 1 heterocycles. The molecule has 1 aromatic carbocycles. The van der Waals surface area contributed by atoms with Crippen LogP contribution in [0.1, 0.15) is 75.5 Å². The zero-order chi connectivity index (χ0) is 21.6. The highest BCUT2D eigenvalue weighted by molar-refractivity contribution is 5.94. The average Bonchev–Trinajstić information content (AvgIpc) is 3.04. The summed E-state index contributed by atoms with van der Waals surface area (Å²) in [5.41, 5.74) is 0.527. The molecular formula is C23H31N3O4. The van der Waals surface area contributed by atoms with Crippen LogP contribution in [0.4, 0.5) is 5.69 Å². The first-order valence-corrected chi connectivity index (χ1v) is 10.6. The fourth-order valence-electron chi connectivity index (χ4n) is 3.28. The maximum atomic E-state index is 12.4. The molecule has 1 aliphatic rings. The Balaban J connectivity index is 1.49. The summed E-state index contributed by atoms with van der Waals surface area (Å²) in [5.74, 6) is 0.860. The van der Waals surface area contributed by atoms with Crippen LogP contribution in [0.5, 0.6) is 5.75 Å². The van der Waals surface area contributed by atoms with Crippen molar-refractivity contribution in [2.75, 3.05) is 5.32 Å². The van der Waals surface area contributed by atoms with Crippen molar-refractivity contribution in [2.24, 2.45) is 5.41 Å². The van der Waals surface area contributed by atoms with E-state index in [9.17, 15) is 9.59 Å². The first kappa shape index (κ1) is 21.9. The maximum absolute atomic E-state index is 12.4. The predicted molar refractivity (Wildman–Crippen MR) is 114 cm³/mol. The Bertz CT molecular complexity index is 844. The summed E-state index contributed by atoms with van der Waals surface area (Å²) in [5, 5.41) is 9.80. The van der Waals surface area contributed by atoms with E-state index in [2.05, 4.69) is 15.8 Å². The molecule has 30 heavy (non-hydrogen) atoms. The lowest BCUT2D eigenvalue weighted by atomic mass is 9.95. The van der Waals surface area contributed by atoms with Gasteiger partial charge in [0.1, 0.15) is 12.4 Å². The average molecular weight is 414 g/mol. The SMILES string of the molecule is CC(C)(C)C(=O)Nc1ccc(OCc2cc(C(=O)NC3CCCCCC3)no2)cc1. The van der Waals surface area contributed by atoms with Crippen molar-refractivity contribution in [2.45, 2.75) is 71.9 Å². The Morgan fingerprint density at radius 1 is 1.10 bits per heavy atom.